The van der Waals surface area contributed by atoms with Crippen LogP contribution < -0.4 is 0 Å². The summed E-state index contributed by atoms with van der Waals surface area (Å²) < 4.78 is 0. The molecule has 15 heavy (non-hydrogen) atoms. The van der Waals surface area contributed by atoms with Crippen LogP contribution in [0.25, 0.3) is 0 Å². The quantitative estimate of drug-likeness (QED) is 0.650. The van der Waals surface area contributed by atoms with Gasteiger partial charge in [0.2, 0.25) is 5.91 Å². The van der Waals surface area contributed by atoms with Gasteiger partial charge in [-0.25, -0.2) is 0 Å². The normalized spacial score (nSPS) is 19.8. The molecule has 0 aromatic rings. The lowest BCUT2D eigenvalue weighted by Gasteiger charge is -2.38. The van der Waals surface area contributed by atoms with E-state index in [1.54, 1.807) is 18.0 Å². The van der Waals surface area contributed by atoms with Crippen molar-refractivity contribution in [3.05, 3.63) is 12.2 Å². The van der Waals surface area contributed by atoms with Crippen molar-refractivity contribution in [2.45, 2.75) is 44.6 Å². The number of nitriles is 1. The summed E-state index contributed by atoms with van der Waals surface area (Å²) in [7, 11) is 1.73. The van der Waals surface area contributed by atoms with E-state index in [2.05, 4.69) is 6.07 Å². The minimum absolute atomic E-state index is 0.0686. The summed E-state index contributed by atoms with van der Waals surface area (Å²) in [6.07, 6.45) is 8.12. The van der Waals surface area contributed by atoms with Gasteiger partial charge in [0.15, 0.2) is 0 Å². The highest BCUT2D eigenvalue weighted by Crippen LogP contribution is 2.32. The van der Waals surface area contributed by atoms with E-state index in [4.69, 9.17) is 0 Å². The van der Waals surface area contributed by atoms with Crippen molar-refractivity contribution in [1.82, 2.24) is 4.90 Å². The Morgan fingerprint density at radius 2 is 2.00 bits per heavy atom. The molecular formula is C12H18N2O. The molecule has 0 heterocycles. The van der Waals surface area contributed by atoms with Gasteiger partial charge in [0.25, 0.3) is 0 Å². The Labute approximate surface area is 91.4 Å². The van der Waals surface area contributed by atoms with Gasteiger partial charge in [-0.15, -0.1) is 0 Å². The lowest BCUT2D eigenvalue weighted by molar-refractivity contribution is -0.129. The smallest absolute Gasteiger partial charge is 0.247 e. The van der Waals surface area contributed by atoms with Crippen LogP contribution in [0.3, 0.4) is 0 Å². The summed E-state index contributed by atoms with van der Waals surface area (Å²) in [6, 6.07) is 2.33. The minimum Gasteiger partial charge on any atom is -0.323 e. The van der Waals surface area contributed by atoms with Crippen LogP contribution in [0.4, 0.5) is 0 Å². The van der Waals surface area contributed by atoms with Gasteiger partial charge in [-0.05, 0) is 25.8 Å². The first-order valence-corrected chi connectivity index (χ1v) is 5.48. The second-order valence-electron chi connectivity index (χ2n) is 4.10. The number of allylic oxidation sites excluding steroid dienone is 1. The third-order valence-corrected chi connectivity index (χ3v) is 3.17. The fourth-order valence-electron chi connectivity index (χ4n) is 2.12. The van der Waals surface area contributed by atoms with Crippen LogP contribution in [0.2, 0.25) is 0 Å². The molecule has 1 fully saturated rings. The van der Waals surface area contributed by atoms with Crippen molar-refractivity contribution in [2.24, 2.45) is 0 Å². The Morgan fingerprint density at radius 1 is 1.40 bits per heavy atom. The Bertz CT molecular complexity index is 295. The van der Waals surface area contributed by atoms with Crippen molar-refractivity contribution >= 4 is 5.91 Å². The molecule has 0 unspecified atom stereocenters. The minimum atomic E-state index is -0.561. The molecule has 0 aliphatic heterocycles. The third kappa shape index (κ3) is 2.38. The molecule has 0 aromatic heterocycles. The number of likely N-dealkylation sites (N-methyl/N-ethyl adjacent to an activating group) is 1. The first-order valence-electron chi connectivity index (χ1n) is 5.48. The van der Waals surface area contributed by atoms with E-state index in [0.29, 0.717) is 0 Å². The molecule has 0 atom stereocenters. The van der Waals surface area contributed by atoms with E-state index in [9.17, 15) is 10.1 Å². The van der Waals surface area contributed by atoms with Gasteiger partial charge in [0, 0.05) is 7.05 Å². The standard InChI is InChI=1S/C12H18N2O/c1-3-7-11(15)14(2)12(10-13)8-5-4-6-9-12/h3,7H,4-6,8-9H2,1-2H3. The molecule has 82 valence electrons. The SMILES string of the molecule is CC=CC(=O)N(C)C1(C#N)CCCCC1. The Hall–Kier alpha value is -1.30. The van der Waals surface area contributed by atoms with Gasteiger partial charge in [-0.3, -0.25) is 4.79 Å². The maximum atomic E-state index is 11.7. The number of rotatable bonds is 2. The average Bonchev–Trinajstić information content (AvgIpc) is 2.29. The molecule has 0 N–H and O–H groups in total. The summed E-state index contributed by atoms with van der Waals surface area (Å²) in [5, 5.41) is 9.26. The summed E-state index contributed by atoms with van der Waals surface area (Å²) in [5.41, 5.74) is -0.561. The van der Waals surface area contributed by atoms with Crippen LogP contribution in [0, 0.1) is 11.3 Å². The number of nitrogens with zero attached hydrogens (tertiary/aromatic N) is 2. The molecule has 3 heteroatoms. The first kappa shape index (κ1) is 11.8. The van der Waals surface area contributed by atoms with Gasteiger partial charge in [-0.2, -0.15) is 5.26 Å². The molecule has 1 amide bonds. The zero-order valence-corrected chi connectivity index (χ0v) is 9.49. The highest BCUT2D eigenvalue weighted by Gasteiger charge is 2.37. The fourth-order valence-corrected chi connectivity index (χ4v) is 2.12. The average molecular weight is 206 g/mol. The van der Waals surface area contributed by atoms with Crippen molar-refractivity contribution in [2.75, 3.05) is 7.05 Å². The highest BCUT2D eigenvalue weighted by atomic mass is 16.2. The lowest BCUT2D eigenvalue weighted by atomic mass is 9.81. The molecule has 1 aliphatic carbocycles. The highest BCUT2D eigenvalue weighted by molar-refractivity contribution is 5.88. The van der Waals surface area contributed by atoms with Crippen LogP contribution in [0.1, 0.15) is 39.0 Å². The predicted molar refractivity (Wildman–Crippen MR) is 59.0 cm³/mol. The molecule has 1 rings (SSSR count). The molecule has 1 saturated carbocycles. The summed E-state index contributed by atoms with van der Waals surface area (Å²) >= 11 is 0. The summed E-state index contributed by atoms with van der Waals surface area (Å²) in [6.45, 7) is 1.81. The fraction of sp³-hybridized carbons (Fsp3) is 0.667. The Morgan fingerprint density at radius 3 is 2.47 bits per heavy atom. The molecule has 0 bridgehead atoms. The van der Waals surface area contributed by atoms with Crippen LogP contribution >= 0.6 is 0 Å². The van der Waals surface area contributed by atoms with E-state index in [-0.39, 0.29) is 5.91 Å². The van der Waals surface area contributed by atoms with Crippen molar-refractivity contribution in [3.8, 4) is 6.07 Å². The molecule has 0 saturated heterocycles. The lowest BCUT2D eigenvalue weighted by Crippen LogP contribution is -2.49. The third-order valence-electron chi connectivity index (χ3n) is 3.17. The van der Waals surface area contributed by atoms with E-state index >= 15 is 0 Å². The molecule has 0 radical (unpaired) electrons. The predicted octanol–water partition coefficient (Wildman–Crippen LogP) is 2.25. The molecular weight excluding hydrogens is 188 g/mol. The monoisotopic (exact) mass is 206 g/mol. The molecule has 3 nitrogen and oxygen atoms in total. The summed E-state index contributed by atoms with van der Waals surface area (Å²) in [4.78, 5) is 13.3. The zero-order valence-electron chi connectivity index (χ0n) is 9.49. The van der Waals surface area contributed by atoms with Gasteiger partial charge >= 0.3 is 0 Å². The number of carbonyl (C=O) groups excluding carboxylic acids is 1. The van der Waals surface area contributed by atoms with Crippen molar-refractivity contribution < 1.29 is 4.79 Å². The maximum absolute atomic E-state index is 11.7. The summed E-state index contributed by atoms with van der Waals surface area (Å²) in [5.74, 6) is -0.0686. The van der Waals surface area contributed by atoms with E-state index < -0.39 is 5.54 Å². The number of carbonyl (C=O) groups is 1. The number of hydrogen-bond donors (Lipinski definition) is 0. The van der Waals surface area contributed by atoms with E-state index in [0.717, 1.165) is 25.7 Å². The van der Waals surface area contributed by atoms with Gasteiger partial charge < -0.3 is 4.90 Å². The van der Waals surface area contributed by atoms with Crippen LogP contribution in [-0.2, 0) is 4.79 Å². The van der Waals surface area contributed by atoms with Crippen molar-refractivity contribution in [3.63, 3.8) is 0 Å². The Balaban J connectivity index is 2.81. The first-order chi connectivity index (χ1) is 7.16. The Kier molecular flexibility index (Phi) is 3.90. The second-order valence-corrected chi connectivity index (χ2v) is 4.10. The maximum Gasteiger partial charge on any atom is 0.247 e. The largest absolute Gasteiger partial charge is 0.323 e. The van der Waals surface area contributed by atoms with E-state index in [1.807, 2.05) is 6.92 Å². The van der Waals surface area contributed by atoms with E-state index in [1.165, 1.54) is 12.5 Å². The van der Waals surface area contributed by atoms with Gasteiger partial charge in [0.05, 0.1) is 6.07 Å². The van der Waals surface area contributed by atoms with Gasteiger partial charge in [0.1, 0.15) is 5.54 Å². The number of amides is 1. The zero-order chi connectivity index (χ0) is 11.3. The van der Waals surface area contributed by atoms with Gasteiger partial charge in [-0.1, -0.05) is 25.3 Å². The molecule has 1 aliphatic rings. The second kappa shape index (κ2) is 4.97. The topological polar surface area (TPSA) is 44.1 Å². The molecule has 0 aromatic carbocycles. The van der Waals surface area contributed by atoms with Crippen LogP contribution in [0.15, 0.2) is 12.2 Å². The van der Waals surface area contributed by atoms with Crippen LogP contribution in [-0.4, -0.2) is 23.4 Å². The van der Waals surface area contributed by atoms with Crippen molar-refractivity contribution in [1.29, 1.82) is 5.26 Å². The van der Waals surface area contributed by atoms with Crippen LogP contribution in [0.5, 0.6) is 0 Å². The molecule has 0 spiro atoms. The number of hydrogen-bond acceptors (Lipinski definition) is 2.